The zero-order valence-corrected chi connectivity index (χ0v) is 23.3. The Kier molecular flexibility index (Phi) is 5.75. The Morgan fingerprint density at radius 2 is 1.29 bits per heavy atom. The molecule has 35 heavy (non-hydrogen) atoms. The number of nitrogens with zero attached hydrogens (tertiary/aromatic N) is 1. The standard InChI is InChI=1S/C31H23Cl2NTe/c1-20-6-14-26(15-7-20)35(32,33)29-18-21(2)8-17-28(29)34-19-25-12-11-24-10-9-22-4-3-5-23-13-16-27(25)31(24)30(22)23/h3-19H,1-2H3. The fraction of sp³-hybridized carbons (Fsp3) is 0.0645. The third kappa shape index (κ3) is 4.00. The van der Waals surface area contributed by atoms with E-state index < -0.39 is 15.9 Å². The molecule has 0 aliphatic rings. The fourth-order valence-corrected chi connectivity index (χ4v) is 12.0. The van der Waals surface area contributed by atoms with Crippen molar-refractivity contribution in [1.82, 2.24) is 0 Å². The van der Waals surface area contributed by atoms with Gasteiger partial charge in [-0.25, -0.2) is 0 Å². The normalized spacial score (nSPS) is 12.9. The van der Waals surface area contributed by atoms with Crippen molar-refractivity contribution in [2.24, 2.45) is 4.99 Å². The zero-order chi connectivity index (χ0) is 24.2. The van der Waals surface area contributed by atoms with Crippen LogP contribution in [0.1, 0.15) is 16.7 Å². The van der Waals surface area contributed by atoms with E-state index in [2.05, 4.69) is 105 Å². The Labute approximate surface area is 216 Å². The van der Waals surface area contributed by atoms with Crippen LogP contribution in [0.3, 0.4) is 0 Å². The van der Waals surface area contributed by atoms with E-state index in [1.165, 1.54) is 37.9 Å². The van der Waals surface area contributed by atoms with Crippen molar-refractivity contribution < 1.29 is 0 Å². The summed E-state index contributed by atoms with van der Waals surface area (Å²) in [6.45, 7) is 4.14. The SMILES string of the molecule is Cc1ccc([Te](Cl)(Cl)c2cc(C)ccc2N=Cc2ccc3ccc4cccc5ccc2c3c45)cc1. The quantitative estimate of drug-likeness (QED) is 0.109. The number of benzene rings is 6. The van der Waals surface area contributed by atoms with Crippen molar-refractivity contribution in [2.75, 3.05) is 0 Å². The fourth-order valence-electron chi connectivity index (χ4n) is 4.78. The number of hydrogen-bond donors (Lipinski definition) is 0. The monoisotopic (exact) mass is 609 g/mol. The zero-order valence-electron chi connectivity index (χ0n) is 19.4. The molecule has 6 aromatic rings. The molecule has 0 atom stereocenters. The molecule has 0 saturated heterocycles. The minimum absolute atomic E-state index is 0.841. The van der Waals surface area contributed by atoms with Crippen LogP contribution >= 0.6 is 17.9 Å². The summed E-state index contributed by atoms with van der Waals surface area (Å²) in [4.78, 5) is 4.96. The molecular formula is C31H23Cl2NTe. The molecule has 0 unspecified atom stereocenters. The maximum atomic E-state index is 7.18. The summed E-state index contributed by atoms with van der Waals surface area (Å²) < 4.78 is 1.99. The van der Waals surface area contributed by atoms with Gasteiger partial charge in [-0.05, 0) is 0 Å². The van der Waals surface area contributed by atoms with Gasteiger partial charge in [-0.1, -0.05) is 0 Å². The molecule has 6 rings (SSSR count). The van der Waals surface area contributed by atoms with Gasteiger partial charge in [0.25, 0.3) is 0 Å². The first-order valence-electron chi connectivity index (χ1n) is 11.5. The van der Waals surface area contributed by atoms with E-state index in [9.17, 15) is 0 Å². The first kappa shape index (κ1) is 22.8. The molecule has 0 aliphatic heterocycles. The van der Waals surface area contributed by atoms with Crippen LogP contribution in [-0.2, 0) is 0 Å². The maximum absolute atomic E-state index is 7.18. The molecule has 0 N–H and O–H groups in total. The molecule has 0 fully saturated rings. The molecule has 0 heterocycles. The van der Waals surface area contributed by atoms with Crippen LogP contribution in [-0.4, -0.2) is 22.2 Å². The van der Waals surface area contributed by atoms with E-state index >= 15 is 0 Å². The van der Waals surface area contributed by atoms with Gasteiger partial charge in [0.05, 0.1) is 0 Å². The third-order valence-corrected chi connectivity index (χ3v) is 16.2. The van der Waals surface area contributed by atoms with Gasteiger partial charge in [-0.15, -0.1) is 0 Å². The van der Waals surface area contributed by atoms with Crippen LogP contribution in [0.2, 0.25) is 0 Å². The Bertz CT molecular complexity index is 1720. The summed E-state index contributed by atoms with van der Waals surface area (Å²) >= 11 is -3.61. The predicted molar refractivity (Wildman–Crippen MR) is 156 cm³/mol. The molecular weight excluding hydrogens is 585 g/mol. The Balaban J connectivity index is 1.49. The van der Waals surface area contributed by atoms with Gasteiger partial charge in [-0.3, -0.25) is 0 Å². The van der Waals surface area contributed by atoms with Gasteiger partial charge in [0.15, 0.2) is 0 Å². The Morgan fingerprint density at radius 3 is 2.03 bits per heavy atom. The van der Waals surface area contributed by atoms with Crippen LogP contribution in [0.5, 0.6) is 0 Å². The van der Waals surface area contributed by atoms with Crippen LogP contribution < -0.4 is 7.22 Å². The predicted octanol–water partition coefficient (Wildman–Crippen LogP) is 7.99. The average Bonchev–Trinajstić information content (AvgIpc) is 2.87. The molecule has 172 valence electrons. The van der Waals surface area contributed by atoms with Gasteiger partial charge in [0.2, 0.25) is 0 Å². The number of rotatable bonds is 4. The number of aryl methyl sites for hydroxylation is 2. The van der Waals surface area contributed by atoms with Crippen LogP contribution in [0, 0.1) is 13.8 Å². The molecule has 0 bridgehead atoms. The third-order valence-electron chi connectivity index (χ3n) is 6.61. The number of hydrogen-bond acceptors (Lipinski definition) is 1. The van der Waals surface area contributed by atoms with Gasteiger partial charge in [-0.2, -0.15) is 0 Å². The van der Waals surface area contributed by atoms with E-state index in [4.69, 9.17) is 22.9 Å². The molecule has 0 radical (unpaired) electrons. The number of aliphatic imine (C=N–C) groups is 1. The molecule has 0 aromatic heterocycles. The van der Waals surface area contributed by atoms with Crippen molar-refractivity contribution in [3.8, 4) is 0 Å². The summed E-state index contributed by atoms with van der Waals surface area (Å²) in [6.07, 6.45) is 1.96. The van der Waals surface area contributed by atoms with Crippen molar-refractivity contribution in [1.29, 1.82) is 0 Å². The molecule has 6 aromatic carbocycles. The second-order valence-electron chi connectivity index (χ2n) is 9.02. The molecule has 0 aliphatic carbocycles. The minimum atomic E-state index is -3.61. The van der Waals surface area contributed by atoms with Crippen molar-refractivity contribution in [3.63, 3.8) is 0 Å². The van der Waals surface area contributed by atoms with Crippen molar-refractivity contribution in [2.45, 2.75) is 13.8 Å². The van der Waals surface area contributed by atoms with Gasteiger partial charge >= 0.3 is 218 Å². The summed E-state index contributed by atoms with van der Waals surface area (Å²) in [7, 11) is 14.4. The van der Waals surface area contributed by atoms with E-state index in [0.717, 1.165) is 24.0 Å². The molecule has 4 heteroatoms. The van der Waals surface area contributed by atoms with Crippen molar-refractivity contribution in [3.05, 3.63) is 114 Å². The summed E-state index contributed by atoms with van der Waals surface area (Å²) in [6, 6.07) is 34.1. The molecule has 0 amide bonds. The van der Waals surface area contributed by atoms with Gasteiger partial charge < -0.3 is 0 Å². The summed E-state index contributed by atoms with van der Waals surface area (Å²) in [5, 5.41) is 7.56. The van der Waals surface area contributed by atoms with E-state index in [1.54, 1.807) is 0 Å². The molecule has 1 nitrogen and oxygen atoms in total. The number of halogens is 2. The molecule has 0 saturated carbocycles. The Hall–Kier alpha value is -2.60. The van der Waals surface area contributed by atoms with E-state index in [0.29, 0.717) is 0 Å². The average molecular weight is 608 g/mol. The topological polar surface area (TPSA) is 12.4 Å². The van der Waals surface area contributed by atoms with E-state index in [-0.39, 0.29) is 0 Å². The second-order valence-corrected chi connectivity index (χ2v) is 21.6. The summed E-state index contributed by atoms with van der Waals surface area (Å²) in [5.41, 5.74) is 4.25. The van der Waals surface area contributed by atoms with Crippen molar-refractivity contribution >= 4 is 85.3 Å². The summed E-state index contributed by atoms with van der Waals surface area (Å²) in [5.74, 6) is 0. The van der Waals surface area contributed by atoms with Gasteiger partial charge in [0.1, 0.15) is 0 Å². The van der Waals surface area contributed by atoms with Crippen LogP contribution in [0.15, 0.2) is 102 Å². The first-order chi connectivity index (χ1) is 16.9. The molecule has 0 spiro atoms. The Morgan fingerprint density at radius 1 is 0.657 bits per heavy atom. The first-order valence-corrected chi connectivity index (χ1v) is 19.8. The van der Waals surface area contributed by atoms with E-state index in [1.807, 2.05) is 12.3 Å². The van der Waals surface area contributed by atoms with Crippen LogP contribution in [0.25, 0.3) is 32.3 Å². The second kappa shape index (κ2) is 8.81. The van der Waals surface area contributed by atoms with Gasteiger partial charge in [0, 0.05) is 0 Å². The van der Waals surface area contributed by atoms with Crippen LogP contribution in [0.4, 0.5) is 5.69 Å².